The Bertz CT molecular complexity index is 825. The normalized spacial score (nSPS) is 14.5. The van der Waals surface area contributed by atoms with Gasteiger partial charge in [-0.05, 0) is 29.8 Å². The summed E-state index contributed by atoms with van der Waals surface area (Å²) >= 11 is 6.06. The highest BCUT2D eigenvalue weighted by Crippen LogP contribution is 2.35. The van der Waals surface area contributed by atoms with Crippen molar-refractivity contribution in [3.05, 3.63) is 64.4 Å². The van der Waals surface area contributed by atoms with Crippen molar-refractivity contribution in [1.29, 1.82) is 0 Å². The molecule has 2 aromatic carbocycles. The van der Waals surface area contributed by atoms with Crippen LogP contribution in [0.1, 0.15) is 15.9 Å². The second-order valence-corrected chi connectivity index (χ2v) is 5.19. The van der Waals surface area contributed by atoms with Gasteiger partial charge in [0.25, 0.3) is 0 Å². The van der Waals surface area contributed by atoms with Gasteiger partial charge in [-0.2, -0.15) is 0 Å². The van der Waals surface area contributed by atoms with E-state index >= 15 is 0 Å². The lowest BCUT2D eigenvalue weighted by atomic mass is 10.1. The van der Waals surface area contributed by atoms with Crippen molar-refractivity contribution >= 4 is 29.4 Å². The van der Waals surface area contributed by atoms with Gasteiger partial charge >= 0.3 is 0 Å². The highest BCUT2D eigenvalue weighted by molar-refractivity contribution is 6.32. The number of carboxylic acids is 1. The van der Waals surface area contributed by atoms with Gasteiger partial charge < -0.3 is 19.4 Å². The zero-order valence-corrected chi connectivity index (χ0v) is 12.5. The van der Waals surface area contributed by atoms with Gasteiger partial charge in [0, 0.05) is 11.1 Å². The standard InChI is InChI=1S/C17H11ClO5/c18-13-4-2-1-3-10(13)7-15-17(21)12-6-5-11(8-14(12)23-15)22-9-16(19)20/h1-8H,9H2,(H,19,20)/p-1/b15-7-. The van der Waals surface area contributed by atoms with Crippen LogP contribution in [0.3, 0.4) is 0 Å². The fourth-order valence-electron chi connectivity index (χ4n) is 2.13. The van der Waals surface area contributed by atoms with Gasteiger partial charge in [-0.25, -0.2) is 0 Å². The van der Waals surface area contributed by atoms with E-state index in [-0.39, 0.29) is 17.3 Å². The lowest BCUT2D eigenvalue weighted by Gasteiger charge is -2.07. The van der Waals surface area contributed by atoms with Gasteiger partial charge in [-0.15, -0.1) is 0 Å². The quantitative estimate of drug-likeness (QED) is 0.803. The summed E-state index contributed by atoms with van der Waals surface area (Å²) in [7, 11) is 0. The molecule has 0 unspecified atom stereocenters. The van der Waals surface area contributed by atoms with Crippen LogP contribution in [-0.2, 0) is 4.79 Å². The van der Waals surface area contributed by atoms with Gasteiger partial charge in [-0.3, -0.25) is 4.79 Å². The van der Waals surface area contributed by atoms with Crippen LogP contribution in [0.2, 0.25) is 5.02 Å². The van der Waals surface area contributed by atoms with Crippen LogP contribution in [0.15, 0.2) is 48.2 Å². The zero-order valence-electron chi connectivity index (χ0n) is 11.7. The third-order valence-corrected chi connectivity index (χ3v) is 3.53. The molecule has 0 fully saturated rings. The largest absolute Gasteiger partial charge is 0.546 e. The van der Waals surface area contributed by atoms with E-state index in [0.717, 1.165) is 0 Å². The number of carboxylic acid groups (broad SMARTS) is 1. The van der Waals surface area contributed by atoms with Crippen molar-refractivity contribution in [2.75, 3.05) is 6.61 Å². The van der Waals surface area contributed by atoms with Crippen LogP contribution in [0.4, 0.5) is 0 Å². The Morgan fingerprint density at radius 3 is 2.78 bits per heavy atom. The molecule has 0 bridgehead atoms. The Labute approximate surface area is 136 Å². The summed E-state index contributed by atoms with van der Waals surface area (Å²) < 4.78 is 10.5. The lowest BCUT2D eigenvalue weighted by Crippen LogP contribution is -2.28. The highest BCUT2D eigenvalue weighted by Gasteiger charge is 2.27. The molecule has 23 heavy (non-hydrogen) atoms. The van der Waals surface area contributed by atoms with Crippen molar-refractivity contribution in [2.45, 2.75) is 0 Å². The number of carbonyl (C=O) groups excluding carboxylic acids is 2. The number of halogens is 1. The first-order valence-corrected chi connectivity index (χ1v) is 7.08. The van der Waals surface area contributed by atoms with Crippen molar-refractivity contribution in [1.82, 2.24) is 0 Å². The second kappa shape index (κ2) is 6.14. The molecule has 5 nitrogen and oxygen atoms in total. The maximum Gasteiger partial charge on any atom is 0.231 e. The number of allylic oxidation sites excluding steroid dienone is 1. The molecule has 0 aromatic heterocycles. The molecule has 1 aliphatic rings. The van der Waals surface area contributed by atoms with Crippen LogP contribution >= 0.6 is 11.6 Å². The smallest absolute Gasteiger partial charge is 0.231 e. The van der Waals surface area contributed by atoms with Crippen molar-refractivity contribution in [2.24, 2.45) is 0 Å². The molecular formula is C17H10ClO5-. The number of Topliss-reactive ketones (excluding diaryl/α,β-unsaturated/α-hetero) is 1. The molecule has 6 heteroatoms. The third kappa shape index (κ3) is 3.19. The molecule has 0 atom stereocenters. The van der Waals surface area contributed by atoms with Gasteiger partial charge in [0.05, 0.1) is 11.5 Å². The predicted octanol–water partition coefficient (Wildman–Crippen LogP) is 2.08. The topological polar surface area (TPSA) is 75.7 Å². The van der Waals surface area contributed by atoms with E-state index in [1.165, 1.54) is 18.2 Å². The minimum atomic E-state index is -1.33. The first kappa shape index (κ1) is 15.1. The first-order valence-electron chi connectivity index (χ1n) is 6.70. The van der Waals surface area contributed by atoms with E-state index in [0.29, 0.717) is 21.9 Å². The zero-order chi connectivity index (χ0) is 16.4. The summed E-state index contributed by atoms with van der Waals surface area (Å²) in [6, 6.07) is 11.6. The van der Waals surface area contributed by atoms with Crippen molar-refractivity contribution in [3.8, 4) is 11.5 Å². The SMILES string of the molecule is O=C([O-])COc1ccc2c(c1)O/C(=C\c1ccccc1Cl)C2=O. The maximum absolute atomic E-state index is 12.3. The number of aliphatic carboxylic acids is 1. The number of ether oxygens (including phenoxy) is 2. The molecule has 0 saturated heterocycles. The van der Waals surface area contributed by atoms with E-state index in [9.17, 15) is 14.7 Å². The van der Waals surface area contributed by atoms with E-state index in [1.807, 2.05) is 0 Å². The molecule has 116 valence electrons. The van der Waals surface area contributed by atoms with Crippen LogP contribution in [0.25, 0.3) is 6.08 Å². The molecule has 0 N–H and O–H groups in total. The molecular weight excluding hydrogens is 320 g/mol. The fourth-order valence-corrected chi connectivity index (χ4v) is 2.32. The van der Waals surface area contributed by atoms with Gasteiger partial charge in [0.15, 0.2) is 5.76 Å². The Morgan fingerprint density at radius 2 is 2.04 bits per heavy atom. The number of benzene rings is 2. The van der Waals surface area contributed by atoms with Crippen LogP contribution < -0.4 is 14.6 Å². The number of hydrogen-bond acceptors (Lipinski definition) is 5. The summed E-state index contributed by atoms with van der Waals surface area (Å²) in [5.74, 6) is -0.873. The summed E-state index contributed by atoms with van der Waals surface area (Å²) in [4.78, 5) is 22.7. The lowest BCUT2D eigenvalue weighted by molar-refractivity contribution is -0.307. The number of rotatable bonds is 4. The van der Waals surface area contributed by atoms with Gasteiger partial charge in [0.2, 0.25) is 5.78 Å². The van der Waals surface area contributed by atoms with E-state index in [4.69, 9.17) is 21.1 Å². The summed E-state index contributed by atoms with van der Waals surface area (Å²) in [5, 5.41) is 10.9. The Morgan fingerprint density at radius 1 is 1.26 bits per heavy atom. The third-order valence-electron chi connectivity index (χ3n) is 3.19. The molecule has 3 rings (SSSR count). The Balaban J connectivity index is 1.87. The van der Waals surface area contributed by atoms with E-state index in [2.05, 4.69) is 0 Å². The molecule has 2 aromatic rings. The second-order valence-electron chi connectivity index (χ2n) is 4.78. The van der Waals surface area contributed by atoms with Crippen LogP contribution in [0.5, 0.6) is 11.5 Å². The highest BCUT2D eigenvalue weighted by atomic mass is 35.5. The average Bonchev–Trinajstić information content (AvgIpc) is 2.83. The summed E-state index contributed by atoms with van der Waals surface area (Å²) in [6.07, 6.45) is 1.56. The molecule has 0 aliphatic carbocycles. The Hall–Kier alpha value is -2.79. The number of hydrogen-bond donors (Lipinski definition) is 0. The minimum Gasteiger partial charge on any atom is -0.546 e. The summed E-state index contributed by atoms with van der Waals surface area (Å²) in [6.45, 7) is -0.574. The maximum atomic E-state index is 12.3. The van der Waals surface area contributed by atoms with Crippen LogP contribution in [0, 0.1) is 0 Å². The fraction of sp³-hybridized carbons (Fsp3) is 0.0588. The molecule has 0 radical (unpaired) electrons. The molecule has 0 amide bonds. The molecule has 0 saturated carbocycles. The number of ketones is 1. The number of carbonyl (C=O) groups is 2. The van der Waals surface area contributed by atoms with Crippen molar-refractivity contribution < 1.29 is 24.2 Å². The average molecular weight is 330 g/mol. The van der Waals surface area contributed by atoms with Crippen LogP contribution in [-0.4, -0.2) is 18.4 Å². The van der Waals surface area contributed by atoms with Gasteiger partial charge in [0.1, 0.15) is 18.1 Å². The monoisotopic (exact) mass is 329 g/mol. The predicted molar refractivity (Wildman–Crippen MR) is 81.3 cm³/mol. The molecule has 0 spiro atoms. The number of fused-ring (bicyclic) bond motifs is 1. The molecule has 1 aliphatic heterocycles. The molecule has 1 heterocycles. The van der Waals surface area contributed by atoms with Gasteiger partial charge in [-0.1, -0.05) is 29.8 Å². The minimum absolute atomic E-state index is 0.144. The Kier molecular flexibility index (Phi) is 4.04. The summed E-state index contributed by atoms with van der Waals surface area (Å²) in [5.41, 5.74) is 1.04. The van der Waals surface area contributed by atoms with Crippen molar-refractivity contribution in [3.63, 3.8) is 0 Å². The van der Waals surface area contributed by atoms with E-state index < -0.39 is 12.6 Å². The van der Waals surface area contributed by atoms with E-state index in [1.54, 1.807) is 30.3 Å². The first-order chi connectivity index (χ1) is 11.0.